The van der Waals surface area contributed by atoms with Gasteiger partial charge in [0.15, 0.2) is 0 Å². The normalized spacial score (nSPS) is 23.8. The molecule has 1 heterocycles. The first kappa shape index (κ1) is 13.5. The molecule has 0 aromatic heterocycles. The van der Waals surface area contributed by atoms with Gasteiger partial charge in [-0.2, -0.15) is 0 Å². The topological polar surface area (TPSA) is 66.4 Å². The van der Waals surface area contributed by atoms with Crippen molar-refractivity contribution in [3.63, 3.8) is 0 Å². The van der Waals surface area contributed by atoms with Crippen LogP contribution in [0.1, 0.15) is 25.3 Å². The molecule has 1 aromatic carbocycles. The number of hydrogen-bond acceptors (Lipinski definition) is 3. The third-order valence-corrected chi connectivity index (χ3v) is 5.48. The van der Waals surface area contributed by atoms with Gasteiger partial charge >= 0.3 is 5.97 Å². The Balaban J connectivity index is 1.70. The van der Waals surface area contributed by atoms with Crippen LogP contribution >= 0.6 is 11.8 Å². The van der Waals surface area contributed by atoms with E-state index in [9.17, 15) is 14.7 Å². The Morgan fingerprint density at radius 3 is 2.65 bits per heavy atom. The SMILES string of the molecule is CC(NC(=O)C1Cc2ccccc2S1)(C(=O)O)C1CC1. The number of carbonyl (C=O) groups excluding carboxylic acids is 1. The van der Waals surface area contributed by atoms with E-state index in [0.717, 1.165) is 17.7 Å². The molecule has 2 atom stereocenters. The average Bonchev–Trinajstić information content (AvgIpc) is 3.17. The monoisotopic (exact) mass is 291 g/mol. The molecule has 1 aliphatic heterocycles. The Bertz CT molecular complexity index is 545. The second-order valence-corrected chi connectivity index (χ2v) is 6.93. The molecule has 1 aromatic rings. The van der Waals surface area contributed by atoms with Crippen LogP contribution in [0.25, 0.3) is 0 Å². The Kier molecular flexibility index (Phi) is 3.24. The molecule has 1 amide bonds. The molecule has 2 aliphatic rings. The minimum Gasteiger partial charge on any atom is -0.480 e. The number of thioether (sulfide) groups is 1. The van der Waals surface area contributed by atoms with Crippen molar-refractivity contribution in [1.29, 1.82) is 0 Å². The van der Waals surface area contributed by atoms with Gasteiger partial charge in [0.1, 0.15) is 5.54 Å². The van der Waals surface area contributed by atoms with E-state index in [1.54, 1.807) is 6.92 Å². The highest BCUT2D eigenvalue weighted by atomic mass is 32.2. The van der Waals surface area contributed by atoms with Crippen molar-refractivity contribution in [2.45, 2.75) is 41.9 Å². The number of rotatable bonds is 4. The second-order valence-electron chi connectivity index (χ2n) is 5.69. The van der Waals surface area contributed by atoms with Crippen molar-refractivity contribution >= 4 is 23.6 Å². The van der Waals surface area contributed by atoms with E-state index in [1.165, 1.54) is 17.3 Å². The predicted molar refractivity (Wildman–Crippen MR) is 76.7 cm³/mol. The van der Waals surface area contributed by atoms with Crippen LogP contribution in [0, 0.1) is 5.92 Å². The molecule has 20 heavy (non-hydrogen) atoms. The summed E-state index contributed by atoms with van der Waals surface area (Å²) in [7, 11) is 0. The van der Waals surface area contributed by atoms with Crippen molar-refractivity contribution < 1.29 is 14.7 Å². The number of carboxylic acids is 1. The van der Waals surface area contributed by atoms with Crippen LogP contribution in [-0.4, -0.2) is 27.8 Å². The van der Waals surface area contributed by atoms with Crippen molar-refractivity contribution in [2.24, 2.45) is 5.92 Å². The summed E-state index contributed by atoms with van der Waals surface area (Å²) in [5, 5.41) is 11.9. The summed E-state index contributed by atoms with van der Waals surface area (Å²) in [6.45, 7) is 1.62. The Morgan fingerprint density at radius 2 is 2.05 bits per heavy atom. The highest BCUT2D eigenvalue weighted by Crippen LogP contribution is 2.41. The summed E-state index contributed by atoms with van der Waals surface area (Å²) in [5.41, 5.74) is 0.0491. The van der Waals surface area contributed by atoms with Crippen LogP contribution in [0.3, 0.4) is 0 Å². The van der Waals surface area contributed by atoms with Crippen molar-refractivity contribution in [3.05, 3.63) is 29.8 Å². The summed E-state index contributed by atoms with van der Waals surface area (Å²) in [5.74, 6) is -1.03. The molecule has 2 unspecified atom stereocenters. The minimum absolute atomic E-state index is 0.0673. The second kappa shape index (κ2) is 4.81. The van der Waals surface area contributed by atoms with Gasteiger partial charge in [-0.1, -0.05) is 18.2 Å². The number of benzene rings is 1. The van der Waals surface area contributed by atoms with Crippen molar-refractivity contribution in [2.75, 3.05) is 0 Å². The standard InChI is InChI=1S/C15H17NO3S/c1-15(14(18)19,10-6-7-10)16-13(17)12-8-9-4-2-3-5-11(9)20-12/h2-5,10,12H,6-8H2,1H3,(H,16,17)(H,18,19). The molecule has 5 heteroatoms. The summed E-state index contributed by atoms with van der Waals surface area (Å²) in [6.07, 6.45) is 2.43. The largest absolute Gasteiger partial charge is 0.480 e. The van der Waals surface area contributed by atoms with Crippen LogP contribution in [-0.2, 0) is 16.0 Å². The van der Waals surface area contributed by atoms with Crippen LogP contribution in [0.5, 0.6) is 0 Å². The molecule has 0 bridgehead atoms. The van der Waals surface area contributed by atoms with Crippen LogP contribution < -0.4 is 5.32 Å². The lowest BCUT2D eigenvalue weighted by atomic mass is 9.95. The first-order valence-corrected chi connectivity index (χ1v) is 7.68. The van der Waals surface area contributed by atoms with Gasteiger partial charge in [0.25, 0.3) is 0 Å². The van der Waals surface area contributed by atoms with Crippen LogP contribution in [0.15, 0.2) is 29.2 Å². The molecule has 0 saturated heterocycles. The molecule has 2 N–H and O–H groups in total. The Labute approximate surface area is 121 Å². The highest BCUT2D eigenvalue weighted by Gasteiger charge is 2.49. The van der Waals surface area contributed by atoms with E-state index in [0.29, 0.717) is 6.42 Å². The zero-order valence-corrected chi connectivity index (χ0v) is 12.1. The van der Waals surface area contributed by atoms with E-state index in [1.807, 2.05) is 24.3 Å². The lowest BCUT2D eigenvalue weighted by Gasteiger charge is -2.27. The maximum atomic E-state index is 12.4. The quantitative estimate of drug-likeness (QED) is 0.891. The van der Waals surface area contributed by atoms with E-state index in [4.69, 9.17) is 0 Å². The van der Waals surface area contributed by atoms with Gasteiger partial charge < -0.3 is 10.4 Å². The van der Waals surface area contributed by atoms with Gasteiger partial charge in [-0.15, -0.1) is 11.8 Å². The number of nitrogens with one attached hydrogen (secondary N) is 1. The van der Waals surface area contributed by atoms with Crippen LogP contribution in [0.2, 0.25) is 0 Å². The summed E-state index contributed by atoms with van der Waals surface area (Å²) >= 11 is 1.52. The lowest BCUT2D eigenvalue weighted by molar-refractivity contribution is -0.147. The fourth-order valence-corrected chi connectivity index (χ4v) is 3.85. The van der Waals surface area contributed by atoms with E-state index in [-0.39, 0.29) is 17.1 Å². The Morgan fingerprint density at radius 1 is 1.35 bits per heavy atom. The first-order chi connectivity index (χ1) is 9.50. The molecule has 3 rings (SSSR count). The molecule has 106 valence electrons. The fraction of sp³-hybridized carbons (Fsp3) is 0.467. The summed E-state index contributed by atoms with van der Waals surface area (Å²) in [4.78, 5) is 24.9. The van der Waals surface area contributed by atoms with Gasteiger partial charge in [0.2, 0.25) is 5.91 Å². The van der Waals surface area contributed by atoms with Gasteiger partial charge in [0, 0.05) is 4.90 Å². The molecule has 1 saturated carbocycles. The van der Waals surface area contributed by atoms with Crippen molar-refractivity contribution in [3.8, 4) is 0 Å². The van der Waals surface area contributed by atoms with Crippen molar-refractivity contribution in [1.82, 2.24) is 5.32 Å². The number of amides is 1. The van der Waals surface area contributed by atoms with Gasteiger partial charge in [-0.05, 0) is 43.7 Å². The van der Waals surface area contributed by atoms with Gasteiger partial charge in [-0.3, -0.25) is 4.79 Å². The molecule has 4 nitrogen and oxygen atoms in total. The fourth-order valence-electron chi connectivity index (χ4n) is 2.66. The molecule has 0 spiro atoms. The third kappa shape index (κ3) is 2.30. The Hall–Kier alpha value is -1.49. The molecule has 1 aliphatic carbocycles. The summed E-state index contributed by atoms with van der Waals surface area (Å²) in [6, 6.07) is 7.94. The predicted octanol–water partition coefficient (Wildman–Crippen LogP) is 2.07. The number of aliphatic carboxylic acids is 1. The van der Waals surface area contributed by atoms with E-state index >= 15 is 0 Å². The number of hydrogen-bond donors (Lipinski definition) is 2. The highest BCUT2D eigenvalue weighted by molar-refractivity contribution is 8.01. The number of fused-ring (bicyclic) bond motifs is 1. The lowest BCUT2D eigenvalue weighted by Crippen LogP contribution is -2.56. The zero-order chi connectivity index (χ0) is 14.3. The van der Waals surface area contributed by atoms with E-state index < -0.39 is 11.5 Å². The number of carbonyl (C=O) groups is 2. The van der Waals surface area contributed by atoms with Gasteiger partial charge in [0.05, 0.1) is 5.25 Å². The maximum Gasteiger partial charge on any atom is 0.329 e. The molecular formula is C15H17NO3S. The number of carboxylic acid groups (broad SMARTS) is 1. The third-order valence-electron chi connectivity index (χ3n) is 4.16. The zero-order valence-electron chi connectivity index (χ0n) is 11.3. The first-order valence-electron chi connectivity index (χ1n) is 6.80. The molecular weight excluding hydrogens is 274 g/mol. The van der Waals surface area contributed by atoms with E-state index in [2.05, 4.69) is 5.32 Å². The summed E-state index contributed by atoms with van der Waals surface area (Å²) < 4.78 is 0. The molecule has 0 radical (unpaired) electrons. The minimum atomic E-state index is -1.12. The smallest absolute Gasteiger partial charge is 0.329 e. The maximum absolute atomic E-state index is 12.4. The van der Waals surface area contributed by atoms with Gasteiger partial charge in [-0.25, -0.2) is 4.79 Å². The molecule has 1 fully saturated rings. The average molecular weight is 291 g/mol. The van der Waals surface area contributed by atoms with Crippen LogP contribution in [0.4, 0.5) is 0 Å².